The lowest BCUT2D eigenvalue weighted by atomic mass is 9.99. The minimum absolute atomic E-state index is 0.0123. The third-order valence-corrected chi connectivity index (χ3v) is 3.10. The fourth-order valence-electron chi connectivity index (χ4n) is 1.94. The maximum Gasteiger partial charge on any atom is 0.269 e. The molecule has 1 unspecified atom stereocenters. The second kappa shape index (κ2) is 5.63. The van der Waals surface area contributed by atoms with Crippen LogP contribution in [0.4, 0.5) is 5.69 Å². The molecule has 4 nitrogen and oxygen atoms in total. The molecule has 98 valence electrons. The van der Waals surface area contributed by atoms with Crippen LogP contribution >= 0.6 is 0 Å². The van der Waals surface area contributed by atoms with Gasteiger partial charge >= 0.3 is 0 Å². The minimum Gasteiger partial charge on any atom is -0.384 e. The van der Waals surface area contributed by atoms with Gasteiger partial charge in [-0.1, -0.05) is 43.3 Å². The average molecular weight is 257 g/mol. The second-order valence-electron chi connectivity index (χ2n) is 4.35. The highest BCUT2D eigenvalue weighted by molar-refractivity contribution is 5.39. The van der Waals surface area contributed by atoms with Crippen molar-refractivity contribution in [1.82, 2.24) is 0 Å². The van der Waals surface area contributed by atoms with Crippen molar-refractivity contribution in [2.45, 2.75) is 19.4 Å². The van der Waals surface area contributed by atoms with E-state index < -0.39 is 11.0 Å². The zero-order valence-electron chi connectivity index (χ0n) is 10.6. The van der Waals surface area contributed by atoms with Crippen LogP contribution in [0.3, 0.4) is 0 Å². The fourth-order valence-corrected chi connectivity index (χ4v) is 1.94. The minimum atomic E-state index is -0.842. The van der Waals surface area contributed by atoms with E-state index in [2.05, 4.69) is 6.92 Å². The topological polar surface area (TPSA) is 63.4 Å². The summed E-state index contributed by atoms with van der Waals surface area (Å²) in [5.74, 6) is 0. The van der Waals surface area contributed by atoms with E-state index >= 15 is 0 Å². The number of nitrogens with zero attached hydrogens (tertiary/aromatic N) is 1. The summed E-state index contributed by atoms with van der Waals surface area (Å²) in [5.41, 5.74) is 2.44. The zero-order chi connectivity index (χ0) is 13.8. The first-order chi connectivity index (χ1) is 9.11. The molecule has 0 saturated heterocycles. The Balaban J connectivity index is 2.29. The second-order valence-corrected chi connectivity index (χ2v) is 4.35. The van der Waals surface area contributed by atoms with Crippen LogP contribution in [0, 0.1) is 10.1 Å². The van der Waals surface area contributed by atoms with Crippen molar-refractivity contribution in [1.29, 1.82) is 0 Å². The van der Waals surface area contributed by atoms with E-state index in [0.717, 1.165) is 12.0 Å². The van der Waals surface area contributed by atoms with Crippen LogP contribution in [0.5, 0.6) is 0 Å². The normalized spacial score (nSPS) is 12.1. The Hall–Kier alpha value is -2.20. The van der Waals surface area contributed by atoms with Gasteiger partial charge in [-0.3, -0.25) is 10.1 Å². The number of nitro benzene ring substituents is 1. The Morgan fingerprint density at radius 2 is 1.84 bits per heavy atom. The fraction of sp³-hybridized carbons (Fsp3) is 0.200. The quantitative estimate of drug-likeness (QED) is 0.675. The van der Waals surface area contributed by atoms with Crippen LogP contribution in [-0.2, 0) is 6.42 Å². The molecule has 0 heterocycles. The third kappa shape index (κ3) is 2.98. The van der Waals surface area contributed by atoms with Gasteiger partial charge in [0.1, 0.15) is 6.10 Å². The van der Waals surface area contributed by atoms with Crippen molar-refractivity contribution < 1.29 is 10.0 Å². The summed E-state index contributed by atoms with van der Waals surface area (Å²) in [4.78, 5) is 10.3. The van der Waals surface area contributed by atoms with Crippen LogP contribution < -0.4 is 0 Å². The maximum atomic E-state index is 10.7. The summed E-state index contributed by atoms with van der Waals surface area (Å²) in [5, 5.41) is 21.0. The summed E-state index contributed by atoms with van der Waals surface area (Å²) in [6.07, 6.45) is 0.0958. The van der Waals surface area contributed by atoms with E-state index in [1.165, 1.54) is 17.7 Å². The van der Waals surface area contributed by atoms with E-state index in [9.17, 15) is 15.2 Å². The molecule has 19 heavy (non-hydrogen) atoms. The van der Waals surface area contributed by atoms with E-state index in [-0.39, 0.29) is 5.69 Å². The van der Waals surface area contributed by atoms with Gasteiger partial charge in [0.2, 0.25) is 0 Å². The smallest absolute Gasteiger partial charge is 0.269 e. The molecule has 0 saturated carbocycles. The number of nitro groups is 1. The van der Waals surface area contributed by atoms with Gasteiger partial charge in [-0.25, -0.2) is 0 Å². The van der Waals surface area contributed by atoms with Gasteiger partial charge in [0.15, 0.2) is 0 Å². The molecule has 1 N–H and O–H groups in total. The standard InChI is InChI=1S/C15H15NO3/c1-2-11-6-8-12(9-7-11)15(17)13-4-3-5-14(10-13)16(18)19/h3-10,15,17H,2H2,1H3. The number of non-ortho nitro benzene ring substituents is 1. The zero-order valence-corrected chi connectivity index (χ0v) is 10.6. The molecule has 0 fully saturated rings. The Kier molecular flexibility index (Phi) is 3.92. The molecule has 0 aromatic heterocycles. The van der Waals surface area contributed by atoms with Gasteiger partial charge in [0.25, 0.3) is 5.69 Å². The largest absolute Gasteiger partial charge is 0.384 e. The van der Waals surface area contributed by atoms with E-state index in [0.29, 0.717) is 5.56 Å². The van der Waals surface area contributed by atoms with Crippen molar-refractivity contribution >= 4 is 5.69 Å². The molecule has 0 aliphatic rings. The summed E-state index contributed by atoms with van der Waals surface area (Å²) in [7, 11) is 0. The van der Waals surface area contributed by atoms with Gasteiger partial charge in [0.05, 0.1) is 4.92 Å². The van der Waals surface area contributed by atoms with E-state index in [1.807, 2.05) is 24.3 Å². The number of aliphatic hydroxyl groups is 1. The molecule has 2 rings (SSSR count). The summed E-state index contributed by atoms with van der Waals surface area (Å²) < 4.78 is 0. The van der Waals surface area contributed by atoms with Gasteiger partial charge in [0, 0.05) is 12.1 Å². The first-order valence-corrected chi connectivity index (χ1v) is 6.13. The molecule has 0 spiro atoms. The number of hydrogen-bond acceptors (Lipinski definition) is 3. The molecule has 0 bridgehead atoms. The average Bonchev–Trinajstić information content (AvgIpc) is 2.46. The lowest BCUT2D eigenvalue weighted by Crippen LogP contribution is -2.00. The number of hydrogen-bond donors (Lipinski definition) is 1. The van der Waals surface area contributed by atoms with Crippen LogP contribution in [0.2, 0.25) is 0 Å². The monoisotopic (exact) mass is 257 g/mol. The lowest BCUT2D eigenvalue weighted by Gasteiger charge is -2.11. The van der Waals surface area contributed by atoms with E-state index in [4.69, 9.17) is 0 Å². The van der Waals surface area contributed by atoms with Crippen molar-refractivity contribution in [2.24, 2.45) is 0 Å². The van der Waals surface area contributed by atoms with Crippen LogP contribution in [-0.4, -0.2) is 10.0 Å². The van der Waals surface area contributed by atoms with Crippen molar-refractivity contribution in [3.63, 3.8) is 0 Å². The number of aliphatic hydroxyl groups excluding tert-OH is 1. The SMILES string of the molecule is CCc1ccc(C(O)c2cccc([N+](=O)[O-])c2)cc1. The molecule has 4 heteroatoms. The van der Waals surface area contributed by atoms with E-state index in [1.54, 1.807) is 12.1 Å². The summed E-state index contributed by atoms with van der Waals surface area (Å²) >= 11 is 0. The van der Waals surface area contributed by atoms with Crippen LogP contribution in [0.1, 0.15) is 29.7 Å². The van der Waals surface area contributed by atoms with Crippen molar-refractivity contribution in [3.05, 3.63) is 75.3 Å². The summed E-state index contributed by atoms with van der Waals surface area (Å²) in [6.45, 7) is 2.06. The summed E-state index contributed by atoms with van der Waals surface area (Å²) in [6, 6.07) is 13.7. The highest BCUT2D eigenvalue weighted by atomic mass is 16.6. The predicted molar refractivity (Wildman–Crippen MR) is 73.0 cm³/mol. The van der Waals surface area contributed by atoms with Crippen LogP contribution in [0.25, 0.3) is 0 Å². The van der Waals surface area contributed by atoms with Crippen LogP contribution in [0.15, 0.2) is 48.5 Å². The molecule has 2 aromatic carbocycles. The molecular weight excluding hydrogens is 242 g/mol. The number of rotatable bonds is 4. The molecule has 1 atom stereocenters. The lowest BCUT2D eigenvalue weighted by molar-refractivity contribution is -0.385. The molecule has 0 aliphatic carbocycles. The Morgan fingerprint density at radius 3 is 2.42 bits per heavy atom. The maximum absolute atomic E-state index is 10.7. The number of aryl methyl sites for hydroxylation is 1. The highest BCUT2D eigenvalue weighted by Gasteiger charge is 2.14. The Bertz CT molecular complexity index is 578. The first kappa shape index (κ1) is 13.2. The predicted octanol–water partition coefficient (Wildman–Crippen LogP) is 3.24. The first-order valence-electron chi connectivity index (χ1n) is 6.13. The van der Waals surface area contributed by atoms with Gasteiger partial charge < -0.3 is 5.11 Å². The van der Waals surface area contributed by atoms with Crippen molar-refractivity contribution in [3.8, 4) is 0 Å². The Labute approximate surface area is 111 Å². The molecule has 0 aliphatic heterocycles. The number of benzene rings is 2. The van der Waals surface area contributed by atoms with Gasteiger partial charge in [-0.15, -0.1) is 0 Å². The van der Waals surface area contributed by atoms with Crippen molar-refractivity contribution in [2.75, 3.05) is 0 Å². The highest BCUT2D eigenvalue weighted by Crippen LogP contribution is 2.25. The molecular formula is C15H15NO3. The molecule has 0 radical (unpaired) electrons. The third-order valence-electron chi connectivity index (χ3n) is 3.10. The molecule has 0 amide bonds. The van der Waals surface area contributed by atoms with Gasteiger partial charge in [-0.2, -0.15) is 0 Å². The molecule has 2 aromatic rings. The van der Waals surface area contributed by atoms with Gasteiger partial charge in [-0.05, 0) is 23.1 Å². The Morgan fingerprint density at radius 1 is 1.16 bits per heavy atom.